The summed E-state index contributed by atoms with van der Waals surface area (Å²) in [6.45, 7) is 0.328. The van der Waals surface area contributed by atoms with Crippen LogP contribution in [0.2, 0.25) is 5.02 Å². The molecular weight excluding hydrogens is 444 g/mol. The molecule has 1 saturated heterocycles. The topological polar surface area (TPSA) is 78.9 Å². The zero-order valence-electron chi connectivity index (χ0n) is 16.1. The van der Waals surface area contributed by atoms with Crippen molar-refractivity contribution in [1.29, 1.82) is 0 Å². The van der Waals surface area contributed by atoms with Crippen LogP contribution < -0.4 is 10.1 Å². The molecule has 1 aliphatic heterocycles. The standard InChI is InChI=1S/C21H19ClN2O4S2/c1-28-15-5-2-4-13(10-15)11-18-20(27)24(21(29)30-18)9-3-6-19(26)23-16-12-14(22)7-8-17(16)25/h2,4-5,7-8,10-12,25H,3,6,9H2,1H3,(H,23,26)/b18-11+. The summed E-state index contributed by atoms with van der Waals surface area (Å²) in [5.41, 5.74) is 1.09. The van der Waals surface area contributed by atoms with E-state index in [1.165, 1.54) is 34.9 Å². The average Bonchev–Trinajstić information content (AvgIpc) is 2.98. The molecule has 0 aromatic heterocycles. The highest BCUT2D eigenvalue weighted by Crippen LogP contribution is 2.33. The predicted molar refractivity (Wildman–Crippen MR) is 124 cm³/mol. The second kappa shape index (κ2) is 9.97. The van der Waals surface area contributed by atoms with Gasteiger partial charge < -0.3 is 15.2 Å². The Kier molecular flexibility index (Phi) is 7.36. The number of halogens is 1. The van der Waals surface area contributed by atoms with Crippen LogP contribution in [0.25, 0.3) is 6.08 Å². The first kappa shape index (κ1) is 22.1. The summed E-state index contributed by atoms with van der Waals surface area (Å²) in [6, 6.07) is 11.8. The van der Waals surface area contributed by atoms with Gasteiger partial charge >= 0.3 is 0 Å². The number of carbonyl (C=O) groups is 2. The highest BCUT2D eigenvalue weighted by Gasteiger charge is 2.31. The summed E-state index contributed by atoms with van der Waals surface area (Å²) >= 11 is 12.4. The Hall–Kier alpha value is -2.55. The van der Waals surface area contributed by atoms with Crippen LogP contribution in [0.4, 0.5) is 5.69 Å². The fourth-order valence-electron chi connectivity index (χ4n) is 2.79. The zero-order chi connectivity index (χ0) is 21.7. The van der Waals surface area contributed by atoms with Crippen LogP contribution in [0.15, 0.2) is 47.4 Å². The Bertz CT molecular complexity index is 1030. The van der Waals surface area contributed by atoms with Gasteiger partial charge in [-0.05, 0) is 48.4 Å². The molecule has 0 spiro atoms. The van der Waals surface area contributed by atoms with E-state index in [9.17, 15) is 14.7 Å². The van der Waals surface area contributed by atoms with Gasteiger partial charge in [-0.1, -0.05) is 47.7 Å². The molecule has 1 aliphatic rings. The molecule has 9 heteroatoms. The van der Waals surface area contributed by atoms with E-state index in [1.807, 2.05) is 24.3 Å². The van der Waals surface area contributed by atoms with Gasteiger partial charge in [-0.25, -0.2) is 0 Å². The number of thioether (sulfide) groups is 1. The van der Waals surface area contributed by atoms with Gasteiger partial charge in [0.1, 0.15) is 15.8 Å². The van der Waals surface area contributed by atoms with Crippen LogP contribution >= 0.6 is 35.6 Å². The molecule has 3 rings (SSSR count). The van der Waals surface area contributed by atoms with E-state index in [0.29, 0.717) is 33.0 Å². The highest BCUT2D eigenvalue weighted by atomic mass is 35.5. The van der Waals surface area contributed by atoms with E-state index in [4.69, 9.17) is 28.6 Å². The van der Waals surface area contributed by atoms with Crippen LogP contribution in [-0.2, 0) is 9.59 Å². The monoisotopic (exact) mass is 462 g/mol. The predicted octanol–water partition coefficient (Wildman–Crippen LogP) is 4.67. The maximum Gasteiger partial charge on any atom is 0.266 e. The van der Waals surface area contributed by atoms with E-state index in [-0.39, 0.29) is 29.7 Å². The third kappa shape index (κ3) is 5.53. The fraction of sp³-hybridized carbons (Fsp3) is 0.190. The summed E-state index contributed by atoms with van der Waals surface area (Å²) in [6.07, 6.45) is 2.36. The number of carbonyl (C=O) groups excluding carboxylic acids is 2. The van der Waals surface area contributed by atoms with Crippen molar-refractivity contribution in [1.82, 2.24) is 4.90 Å². The van der Waals surface area contributed by atoms with Crippen LogP contribution in [0.3, 0.4) is 0 Å². The first-order valence-electron chi connectivity index (χ1n) is 9.05. The van der Waals surface area contributed by atoms with Gasteiger partial charge in [0, 0.05) is 18.0 Å². The maximum atomic E-state index is 12.7. The maximum absolute atomic E-state index is 12.7. The summed E-state index contributed by atoms with van der Waals surface area (Å²) in [5.74, 6) is 0.175. The van der Waals surface area contributed by atoms with Crippen molar-refractivity contribution in [3.05, 3.63) is 58.0 Å². The summed E-state index contributed by atoms with van der Waals surface area (Å²) in [5, 5.41) is 12.8. The highest BCUT2D eigenvalue weighted by molar-refractivity contribution is 8.26. The van der Waals surface area contributed by atoms with Gasteiger partial charge in [0.05, 0.1) is 17.7 Å². The van der Waals surface area contributed by atoms with Crippen LogP contribution in [0.1, 0.15) is 18.4 Å². The Morgan fingerprint density at radius 3 is 2.90 bits per heavy atom. The normalized spacial score (nSPS) is 15.0. The van der Waals surface area contributed by atoms with Crippen LogP contribution in [0, 0.1) is 0 Å². The number of aromatic hydroxyl groups is 1. The molecule has 0 atom stereocenters. The summed E-state index contributed by atoms with van der Waals surface area (Å²) < 4.78 is 5.66. The van der Waals surface area contributed by atoms with Gasteiger partial charge in [0.15, 0.2) is 0 Å². The number of nitrogens with zero attached hydrogens (tertiary/aromatic N) is 1. The third-order valence-electron chi connectivity index (χ3n) is 4.28. The smallest absolute Gasteiger partial charge is 0.266 e. The number of ether oxygens (including phenoxy) is 1. The lowest BCUT2D eigenvalue weighted by molar-refractivity contribution is -0.122. The molecule has 2 aromatic rings. The van der Waals surface area contributed by atoms with Crippen LogP contribution in [-0.4, -0.2) is 39.8 Å². The number of methoxy groups -OCH3 is 1. The zero-order valence-corrected chi connectivity index (χ0v) is 18.4. The lowest BCUT2D eigenvalue weighted by Crippen LogP contribution is -2.29. The van der Waals surface area contributed by atoms with Gasteiger partial charge in [-0.2, -0.15) is 0 Å². The molecule has 2 amide bonds. The van der Waals surface area contributed by atoms with Crippen molar-refractivity contribution in [3.63, 3.8) is 0 Å². The molecule has 2 aromatic carbocycles. The number of anilines is 1. The van der Waals surface area contributed by atoms with E-state index >= 15 is 0 Å². The number of rotatable bonds is 7. The van der Waals surface area contributed by atoms with Gasteiger partial charge in [-0.3, -0.25) is 14.5 Å². The largest absolute Gasteiger partial charge is 0.506 e. The number of amides is 2. The fourth-order valence-corrected chi connectivity index (χ4v) is 4.27. The van der Waals surface area contributed by atoms with Gasteiger partial charge in [-0.15, -0.1) is 0 Å². The Morgan fingerprint density at radius 1 is 1.33 bits per heavy atom. The van der Waals surface area contributed by atoms with Crippen molar-refractivity contribution < 1.29 is 19.4 Å². The summed E-state index contributed by atoms with van der Waals surface area (Å²) in [4.78, 5) is 26.9. The molecule has 0 unspecified atom stereocenters. The first-order chi connectivity index (χ1) is 14.4. The van der Waals surface area contributed by atoms with Crippen molar-refractivity contribution in [3.8, 4) is 11.5 Å². The molecule has 0 radical (unpaired) electrons. The number of nitrogens with one attached hydrogen (secondary N) is 1. The molecule has 1 heterocycles. The molecule has 0 aliphatic carbocycles. The third-order valence-corrected chi connectivity index (χ3v) is 5.90. The summed E-state index contributed by atoms with van der Waals surface area (Å²) in [7, 11) is 1.59. The number of benzene rings is 2. The SMILES string of the molecule is COc1cccc(/C=C2/SC(=S)N(CCCC(=O)Nc3cc(Cl)ccc3O)C2=O)c1. The van der Waals surface area contributed by atoms with Crippen molar-refractivity contribution in [2.24, 2.45) is 0 Å². The molecule has 30 heavy (non-hydrogen) atoms. The molecule has 1 fully saturated rings. The minimum absolute atomic E-state index is 0.0626. The Labute approximate surface area is 188 Å². The Morgan fingerprint density at radius 2 is 2.13 bits per heavy atom. The van der Waals surface area contributed by atoms with E-state index in [1.54, 1.807) is 13.2 Å². The minimum Gasteiger partial charge on any atom is -0.506 e. The lowest BCUT2D eigenvalue weighted by Gasteiger charge is -2.14. The average molecular weight is 463 g/mol. The van der Waals surface area contributed by atoms with Crippen molar-refractivity contribution in [2.45, 2.75) is 12.8 Å². The lowest BCUT2D eigenvalue weighted by atomic mass is 10.2. The van der Waals surface area contributed by atoms with E-state index < -0.39 is 0 Å². The van der Waals surface area contributed by atoms with Crippen molar-refractivity contribution >= 4 is 63.5 Å². The van der Waals surface area contributed by atoms with Gasteiger partial charge in [0.25, 0.3) is 5.91 Å². The van der Waals surface area contributed by atoms with Crippen LogP contribution in [0.5, 0.6) is 11.5 Å². The quantitative estimate of drug-likeness (QED) is 0.353. The van der Waals surface area contributed by atoms with Crippen molar-refractivity contribution in [2.75, 3.05) is 19.0 Å². The molecule has 156 valence electrons. The molecule has 0 bridgehead atoms. The number of phenolic OH excluding ortho intramolecular Hbond substituents is 1. The second-order valence-electron chi connectivity index (χ2n) is 6.42. The number of hydrogen-bond acceptors (Lipinski definition) is 6. The molecule has 2 N–H and O–H groups in total. The Balaban J connectivity index is 1.56. The number of thiocarbonyl (C=S) groups is 1. The number of phenols is 1. The molecule has 0 saturated carbocycles. The number of hydrogen-bond donors (Lipinski definition) is 2. The molecule has 6 nitrogen and oxygen atoms in total. The van der Waals surface area contributed by atoms with E-state index in [0.717, 1.165) is 5.56 Å². The van der Waals surface area contributed by atoms with E-state index in [2.05, 4.69) is 5.32 Å². The minimum atomic E-state index is -0.287. The van der Waals surface area contributed by atoms with Gasteiger partial charge in [0.2, 0.25) is 5.91 Å². The first-order valence-corrected chi connectivity index (χ1v) is 10.7. The molecular formula is C21H19ClN2O4S2. The second-order valence-corrected chi connectivity index (χ2v) is 8.54.